The Balaban J connectivity index is 0.000000195. The topological polar surface area (TPSA) is 126 Å². The summed E-state index contributed by atoms with van der Waals surface area (Å²) < 4.78 is 51.9. The average Bonchev–Trinajstić information content (AvgIpc) is 3.90. The van der Waals surface area contributed by atoms with Crippen LogP contribution < -0.4 is 10.6 Å². The van der Waals surface area contributed by atoms with Gasteiger partial charge in [0.15, 0.2) is 11.5 Å². The highest BCUT2D eigenvalue weighted by Gasteiger charge is 2.38. The molecule has 3 N–H and O–H groups in total. The Bertz CT molecular complexity index is 1390. The minimum absolute atomic E-state index is 0.0162. The highest BCUT2D eigenvalue weighted by Crippen LogP contribution is 2.24. The number of H-pyrrole nitrogens is 1. The smallest absolute Gasteiger partial charge is 0.318 e. The van der Waals surface area contributed by atoms with E-state index in [-0.39, 0.29) is 18.3 Å². The van der Waals surface area contributed by atoms with Gasteiger partial charge in [0.1, 0.15) is 5.82 Å². The fourth-order valence-corrected chi connectivity index (χ4v) is 4.32. The van der Waals surface area contributed by atoms with Gasteiger partial charge >= 0.3 is 6.03 Å². The number of halogens is 3. The molecule has 1 aliphatic heterocycles. The summed E-state index contributed by atoms with van der Waals surface area (Å²) in [4.78, 5) is 31.9. The summed E-state index contributed by atoms with van der Waals surface area (Å²) in [6, 6.07) is 5.01. The van der Waals surface area contributed by atoms with E-state index in [1.807, 2.05) is 32.0 Å². The van der Waals surface area contributed by atoms with Crippen molar-refractivity contribution < 1.29 is 32.2 Å². The molecule has 6 rings (SSSR count). The van der Waals surface area contributed by atoms with E-state index in [0.29, 0.717) is 25.2 Å². The first-order valence-electron chi connectivity index (χ1n) is 14.5. The molecule has 0 spiro atoms. The number of imidazole rings is 1. The summed E-state index contributed by atoms with van der Waals surface area (Å²) in [5.41, 5.74) is 2.42. The van der Waals surface area contributed by atoms with Crippen LogP contribution in [0.15, 0.2) is 24.4 Å². The van der Waals surface area contributed by atoms with Gasteiger partial charge in [-0.15, -0.1) is 0 Å². The van der Waals surface area contributed by atoms with Crippen LogP contribution in [0, 0.1) is 5.82 Å². The van der Waals surface area contributed by atoms with E-state index in [0.717, 1.165) is 46.4 Å². The lowest BCUT2D eigenvalue weighted by Gasteiger charge is -2.32. The predicted octanol–water partition coefficient (Wildman–Crippen LogP) is 4.20. The third-order valence-electron chi connectivity index (χ3n) is 6.93. The van der Waals surface area contributed by atoms with Crippen LogP contribution in [-0.4, -0.2) is 88.6 Å². The molecule has 0 unspecified atom stereocenters. The summed E-state index contributed by atoms with van der Waals surface area (Å²) >= 11 is 0. The standard InChI is InChI=1S/C17H20F2N4O2.C8H12FN3O.C4H8O/c18-17(19)9-20-16(24)23(10-17)8-11-1-4-13-14(7-11)22-15(21-13)5-6-25-12-2-3-12;1-5(2)12-7(8(13)10-3)6(9)4-11-12;1-5-4-2-3-4/h1,4,7,12H,2-3,5-6,8-10H2,(H,20,24)(H,21,22);4-5H,1-3H3,(H,10,13);4H,2-3H2,1H3. The second-order valence-electron chi connectivity index (χ2n) is 11.1. The molecule has 0 radical (unpaired) electrons. The summed E-state index contributed by atoms with van der Waals surface area (Å²) in [5.74, 6) is -3.10. The minimum Gasteiger partial charge on any atom is -0.381 e. The second kappa shape index (κ2) is 14.2. The molecule has 2 saturated carbocycles. The van der Waals surface area contributed by atoms with Crippen molar-refractivity contribution in [1.29, 1.82) is 0 Å². The number of rotatable bonds is 9. The molecule has 236 valence electrons. The normalized spacial score (nSPS) is 17.6. The Hall–Kier alpha value is -3.65. The fraction of sp³-hybridized carbons (Fsp3) is 0.586. The Labute approximate surface area is 248 Å². The van der Waals surface area contributed by atoms with Crippen molar-refractivity contribution in [2.24, 2.45) is 0 Å². The minimum atomic E-state index is -2.90. The fourth-order valence-electron chi connectivity index (χ4n) is 4.32. The van der Waals surface area contributed by atoms with Crippen LogP contribution in [-0.2, 0) is 22.4 Å². The summed E-state index contributed by atoms with van der Waals surface area (Å²) in [7, 11) is 3.22. The number of urea groups is 1. The molecule has 3 fully saturated rings. The summed E-state index contributed by atoms with van der Waals surface area (Å²) in [5, 5.41) is 8.35. The number of carbonyl (C=O) groups is 2. The Kier molecular flexibility index (Phi) is 10.7. The molecule has 1 saturated heterocycles. The van der Waals surface area contributed by atoms with Crippen molar-refractivity contribution in [2.75, 3.05) is 33.9 Å². The number of aromatic amines is 1. The number of carbonyl (C=O) groups excluding carboxylic acids is 2. The molecule has 0 atom stereocenters. The molecular formula is C29H40F3N7O4. The molecule has 14 heteroatoms. The Morgan fingerprint density at radius 3 is 2.53 bits per heavy atom. The van der Waals surface area contributed by atoms with Crippen LogP contribution in [0.3, 0.4) is 0 Å². The predicted molar refractivity (Wildman–Crippen MR) is 154 cm³/mol. The number of fused-ring (bicyclic) bond motifs is 1. The number of nitrogens with zero attached hydrogens (tertiary/aromatic N) is 4. The lowest BCUT2D eigenvalue weighted by molar-refractivity contribution is -0.0367. The Morgan fingerprint density at radius 1 is 1.21 bits per heavy atom. The zero-order valence-electron chi connectivity index (χ0n) is 25.0. The van der Waals surface area contributed by atoms with Crippen molar-refractivity contribution in [1.82, 2.24) is 35.3 Å². The largest absolute Gasteiger partial charge is 0.381 e. The quantitative estimate of drug-likeness (QED) is 0.335. The molecule has 0 bridgehead atoms. The number of nitrogens with one attached hydrogen (secondary N) is 3. The van der Waals surface area contributed by atoms with E-state index in [1.54, 1.807) is 7.11 Å². The molecule has 2 aliphatic carbocycles. The van der Waals surface area contributed by atoms with Gasteiger partial charge in [0.05, 0.1) is 49.1 Å². The van der Waals surface area contributed by atoms with E-state index in [2.05, 4.69) is 25.7 Å². The van der Waals surface area contributed by atoms with Gasteiger partial charge in [0.2, 0.25) is 0 Å². The van der Waals surface area contributed by atoms with Crippen LogP contribution in [0.2, 0.25) is 0 Å². The van der Waals surface area contributed by atoms with Crippen LogP contribution in [0.25, 0.3) is 11.0 Å². The molecule has 2 aromatic heterocycles. The monoisotopic (exact) mass is 607 g/mol. The van der Waals surface area contributed by atoms with E-state index < -0.39 is 36.8 Å². The number of hydrogen-bond donors (Lipinski definition) is 3. The van der Waals surface area contributed by atoms with Gasteiger partial charge in [-0.05, 0) is 57.2 Å². The maximum Gasteiger partial charge on any atom is 0.318 e. The number of amides is 3. The number of alkyl halides is 2. The van der Waals surface area contributed by atoms with Gasteiger partial charge in [-0.25, -0.2) is 22.9 Å². The molecule has 3 amide bonds. The third kappa shape index (κ3) is 9.42. The third-order valence-corrected chi connectivity index (χ3v) is 6.93. The molecule has 1 aromatic carbocycles. The van der Waals surface area contributed by atoms with E-state index in [4.69, 9.17) is 9.47 Å². The van der Waals surface area contributed by atoms with Gasteiger partial charge in [0, 0.05) is 33.2 Å². The second-order valence-corrected chi connectivity index (χ2v) is 11.1. The first-order chi connectivity index (χ1) is 20.5. The van der Waals surface area contributed by atoms with Gasteiger partial charge in [-0.1, -0.05) is 6.07 Å². The SMILES string of the molecule is CNC(=O)c1c(F)cnn1C(C)C.COC1CC1.O=C1NCC(F)(F)CN1Cc1ccc2nc(CCOC3CC3)[nH]c2c1. The van der Waals surface area contributed by atoms with Crippen molar-refractivity contribution in [2.45, 2.75) is 76.7 Å². The zero-order chi connectivity index (χ0) is 31.1. The van der Waals surface area contributed by atoms with Gasteiger partial charge < -0.3 is 30.0 Å². The number of methoxy groups -OCH3 is 1. The lowest BCUT2D eigenvalue weighted by Crippen LogP contribution is -2.56. The summed E-state index contributed by atoms with van der Waals surface area (Å²) in [6.07, 6.45) is 7.68. The van der Waals surface area contributed by atoms with Gasteiger partial charge in [0.25, 0.3) is 11.8 Å². The molecule has 11 nitrogen and oxygen atoms in total. The molecule has 3 aliphatic rings. The highest BCUT2D eigenvalue weighted by atomic mass is 19.3. The number of hydrogen-bond acceptors (Lipinski definition) is 6. The van der Waals surface area contributed by atoms with Crippen molar-refractivity contribution in [3.63, 3.8) is 0 Å². The maximum absolute atomic E-state index is 13.5. The van der Waals surface area contributed by atoms with Crippen LogP contribution in [0.5, 0.6) is 0 Å². The zero-order valence-corrected chi connectivity index (χ0v) is 25.0. The molecule has 3 heterocycles. The molecule has 3 aromatic rings. The van der Waals surface area contributed by atoms with Crippen LogP contribution in [0.1, 0.15) is 67.4 Å². The molecule has 43 heavy (non-hydrogen) atoms. The Morgan fingerprint density at radius 2 is 1.93 bits per heavy atom. The first-order valence-corrected chi connectivity index (χ1v) is 14.5. The van der Waals surface area contributed by atoms with Gasteiger partial charge in [-0.3, -0.25) is 9.48 Å². The van der Waals surface area contributed by atoms with Crippen LogP contribution >= 0.6 is 0 Å². The lowest BCUT2D eigenvalue weighted by atomic mass is 10.1. The van der Waals surface area contributed by atoms with Gasteiger partial charge in [-0.2, -0.15) is 5.10 Å². The van der Waals surface area contributed by atoms with E-state index in [1.165, 1.54) is 24.6 Å². The molecular weight excluding hydrogens is 567 g/mol. The van der Waals surface area contributed by atoms with Crippen molar-refractivity contribution in [3.8, 4) is 0 Å². The highest BCUT2D eigenvalue weighted by molar-refractivity contribution is 5.92. The summed E-state index contributed by atoms with van der Waals surface area (Å²) in [6.45, 7) is 3.27. The maximum atomic E-state index is 13.5. The average molecular weight is 608 g/mol. The number of ether oxygens (including phenoxy) is 2. The first kappa shape index (κ1) is 32.3. The number of aromatic nitrogens is 4. The van der Waals surface area contributed by atoms with E-state index >= 15 is 0 Å². The van der Waals surface area contributed by atoms with Crippen molar-refractivity contribution in [3.05, 3.63) is 47.3 Å². The number of benzene rings is 1. The van der Waals surface area contributed by atoms with E-state index in [9.17, 15) is 22.8 Å². The van der Waals surface area contributed by atoms with Crippen molar-refractivity contribution >= 4 is 23.0 Å². The van der Waals surface area contributed by atoms with Crippen LogP contribution in [0.4, 0.5) is 18.0 Å².